The summed E-state index contributed by atoms with van der Waals surface area (Å²) in [6, 6.07) is 18.5. The fourth-order valence-corrected chi connectivity index (χ4v) is 5.63. The minimum atomic E-state index is -0.741. The average molecular weight is 667 g/mol. The van der Waals surface area contributed by atoms with Crippen molar-refractivity contribution in [2.24, 2.45) is 11.8 Å². The van der Waals surface area contributed by atoms with E-state index in [9.17, 15) is 19.2 Å². The third-order valence-electron chi connectivity index (χ3n) is 7.63. The number of nitrogens with one attached hydrogen (secondary N) is 1. The first-order chi connectivity index (χ1) is 22.7. The zero-order valence-corrected chi connectivity index (χ0v) is 29.8. The van der Waals surface area contributed by atoms with Crippen LogP contribution >= 0.6 is 0 Å². The summed E-state index contributed by atoms with van der Waals surface area (Å²) in [6.45, 7) is 17.0. The lowest BCUT2D eigenvalue weighted by atomic mass is 9.98. The summed E-state index contributed by atoms with van der Waals surface area (Å²) < 4.78 is 5.58. The first kappa shape index (κ1) is 38.5. The van der Waals surface area contributed by atoms with E-state index in [1.165, 1.54) is 4.90 Å². The minimum Gasteiger partial charge on any atom is -0.444 e. The second-order valence-corrected chi connectivity index (χ2v) is 14.1. The second kappa shape index (κ2) is 18.0. The van der Waals surface area contributed by atoms with Gasteiger partial charge in [0.15, 0.2) is 6.23 Å². The molecule has 1 N–H and O–H groups in total. The van der Waals surface area contributed by atoms with E-state index in [1.807, 2.05) is 74.5 Å². The topological polar surface area (TPSA) is 118 Å². The van der Waals surface area contributed by atoms with Gasteiger partial charge in [-0.2, -0.15) is 0 Å². The van der Waals surface area contributed by atoms with Gasteiger partial charge in [-0.05, 0) is 63.5 Å². The first-order valence-corrected chi connectivity index (χ1v) is 16.9. The summed E-state index contributed by atoms with van der Waals surface area (Å²) in [5.41, 5.74) is 1.39. The van der Waals surface area contributed by atoms with E-state index in [4.69, 9.17) is 14.5 Å². The lowest BCUT2D eigenvalue weighted by Gasteiger charge is -2.45. The molecule has 0 bridgehead atoms. The molecule has 264 valence electrons. The lowest BCUT2D eigenvalue weighted by molar-refractivity contribution is -0.352. The Bertz CT molecular complexity index is 1330. The summed E-state index contributed by atoms with van der Waals surface area (Å²) in [5, 5.41) is 2.78. The summed E-state index contributed by atoms with van der Waals surface area (Å²) in [5.74, 6) is 0.437. The molecule has 4 amide bonds. The van der Waals surface area contributed by atoms with Crippen LogP contribution in [0.5, 0.6) is 0 Å². The summed E-state index contributed by atoms with van der Waals surface area (Å²) >= 11 is 0. The van der Waals surface area contributed by atoms with E-state index in [1.54, 1.807) is 37.5 Å². The molecule has 1 unspecified atom stereocenters. The van der Waals surface area contributed by atoms with Crippen LogP contribution in [-0.4, -0.2) is 82.1 Å². The molecule has 4 rings (SSSR count). The predicted molar refractivity (Wildman–Crippen MR) is 183 cm³/mol. The Hall–Kier alpha value is -3.96. The van der Waals surface area contributed by atoms with Crippen LogP contribution in [0.15, 0.2) is 60.7 Å². The largest absolute Gasteiger partial charge is 0.444 e. The van der Waals surface area contributed by atoms with Crippen LogP contribution in [0.4, 0.5) is 4.79 Å². The Labute approximate surface area is 285 Å². The first-order valence-electron chi connectivity index (χ1n) is 16.9. The SMILES string of the molecule is CC(C)C[C@@H]1NC(=O)CN(Cc2ccccc2)C1=O.CCOOC1CN(Cc2ccccc2)C(=O)[C@H](CC(C)C)N1C(=O)OC(C)(C)C. The molecule has 2 fully saturated rings. The maximum absolute atomic E-state index is 13.3. The monoisotopic (exact) mass is 666 g/mol. The van der Waals surface area contributed by atoms with Gasteiger partial charge in [-0.1, -0.05) is 88.4 Å². The number of nitrogens with zero attached hydrogens (tertiary/aromatic N) is 3. The Morgan fingerprint density at radius 1 is 0.833 bits per heavy atom. The molecule has 2 heterocycles. The van der Waals surface area contributed by atoms with E-state index in [0.29, 0.717) is 38.5 Å². The molecule has 2 saturated heterocycles. The molecule has 2 aliphatic heterocycles. The highest BCUT2D eigenvalue weighted by molar-refractivity contribution is 5.94. The van der Waals surface area contributed by atoms with Gasteiger partial charge in [0, 0.05) is 13.1 Å². The molecule has 2 aromatic carbocycles. The number of hydrogen-bond donors (Lipinski definition) is 1. The number of carbonyl (C=O) groups excluding carboxylic acids is 4. The van der Waals surface area contributed by atoms with Crippen LogP contribution in [0.25, 0.3) is 0 Å². The number of amides is 4. The third-order valence-corrected chi connectivity index (χ3v) is 7.63. The maximum atomic E-state index is 13.3. The Kier molecular flexibility index (Phi) is 14.4. The normalized spacial score (nSPS) is 20.1. The van der Waals surface area contributed by atoms with Crippen molar-refractivity contribution < 1.29 is 33.7 Å². The van der Waals surface area contributed by atoms with Crippen molar-refractivity contribution in [1.82, 2.24) is 20.0 Å². The third kappa shape index (κ3) is 11.9. The summed E-state index contributed by atoms with van der Waals surface area (Å²) in [7, 11) is 0. The predicted octanol–water partition coefficient (Wildman–Crippen LogP) is 5.53. The Morgan fingerprint density at radius 2 is 1.38 bits per heavy atom. The number of benzene rings is 2. The second-order valence-electron chi connectivity index (χ2n) is 14.1. The number of hydrogen-bond acceptors (Lipinski definition) is 7. The van der Waals surface area contributed by atoms with Gasteiger partial charge in [0.05, 0.1) is 19.7 Å². The Balaban J connectivity index is 0.000000284. The molecule has 0 aromatic heterocycles. The average Bonchev–Trinajstić information content (AvgIpc) is 3.00. The number of carbonyl (C=O) groups is 4. The van der Waals surface area contributed by atoms with Gasteiger partial charge in [0.1, 0.15) is 17.7 Å². The molecule has 3 atom stereocenters. The van der Waals surface area contributed by atoms with Gasteiger partial charge in [0.25, 0.3) is 0 Å². The van der Waals surface area contributed by atoms with Gasteiger partial charge < -0.3 is 19.9 Å². The van der Waals surface area contributed by atoms with Crippen LogP contribution in [0.1, 0.15) is 79.4 Å². The standard InChI is InChI=1S/C22H34N2O5.C15H20N2O2/c1-7-27-29-19-15-23(14-17-11-9-8-10-12-17)20(25)18(13-16(2)3)24(19)21(26)28-22(4,5)6;1-11(2)8-13-15(19)17(10-14(18)16-13)9-12-6-4-3-5-7-12/h8-12,16,18-19H,7,13-15H2,1-6H3;3-7,11,13H,8-10H2,1-2H3,(H,16,18)/t18-,19?;13-/m00/s1. The molecule has 0 aliphatic carbocycles. The van der Waals surface area contributed by atoms with Gasteiger partial charge in [-0.15, -0.1) is 0 Å². The fraction of sp³-hybridized carbons (Fsp3) is 0.568. The van der Waals surface area contributed by atoms with E-state index in [2.05, 4.69) is 19.2 Å². The lowest BCUT2D eigenvalue weighted by Crippen LogP contribution is -2.64. The zero-order chi connectivity index (χ0) is 35.4. The van der Waals surface area contributed by atoms with Crippen molar-refractivity contribution in [2.45, 2.75) is 105 Å². The number of rotatable bonds is 11. The fourth-order valence-electron chi connectivity index (χ4n) is 5.63. The van der Waals surface area contributed by atoms with Crippen LogP contribution in [0, 0.1) is 11.8 Å². The van der Waals surface area contributed by atoms with Gasteiger partial charge >= 0.3 is 6.09 Å². The van der Waals surface area contributed by atoms with Gasteiger partial charge in [0.2, 0.25) is 17.7 Å². The van der Waals surface area contributed by atoms with Crippen LogP contribution in [-0.2, 0) is 42.0 Å². The minimum absolute atomic E-state index is 0.0251. The van der Waals surface area contributed by atoms with E-state index in [0.717, 1.165) is 11.1 Å². The smallest absolute Gasteiger partial charge is 0.413 e. The van der Waals surface area contributed by atoms with E-state index < -0.39 is 24.0 Å². The number of piperazine rings is 2. The van der Waals surface area contributed by atoms with Crippen molar-refractivity contribution in [3.63, 3.8) is 0 Å². The highest BCUT2D eigenvalue weighted by Gasteiger charge is 2.46. The van der Waals surface area contributed by atoms with E-state index >= 15 is 0 Å². The van der Waals surface area contributed by atoms with Crippen molar-refractivity contribution >= 4 is 23.8 Å². The van der Waals surface area contributed by atoms with Crippen LogP contribution in [0.3, 0.4) is 0 Å². The molecule has 2 aliphatic rings. The highest BCUT2D eigenvalue weighted by Crippen LogP contribution is 2.27. The Morgan fingerprint density at radius 3 is 1.88 bits per heavy atom. The van der Waals surface area contributed by atoms with Crippen molar-refractivity contribution in [3.8, 4) is 0 Å². The van der Waals surface area contributed by atoms with Crippen molar-refractivity contribution in [2.75, 3.05) is 19.7 Å². The van der Waals surface area contributed by atoms with Crippen molar-refractivity contribution in [1.29, 1.82) is 0 Å². The van der Waals surface area contributed by atoms with Crippen LogP contribution in [0.2, 0.25) is 0 Å². The zero-order valence-electron chi connectivity index (χ0n) is 29.8. The molecular weight excluding hydrogens is 612 g/mol. The number of ether oxygens (including phenoxy) is 1. The summed E-state index contributed by atoms with van der Waals surface area (Å²) in [4.78, 5) is 65.9. The summed E-state index contributed by atoms with van der Waals surface area (Å²) in [6.07, 6.45) is -0.110. The van der Waals surface area contributed by atoms with Crippen molar-refractivity contribution in [3.05, 3.63) is 71.8 Å². The molecule has 11 nitrogen and oxygen atoms in total. The quantitative estimate of drug-likeness (QED) is 0.247. The van der Waals surface area contributed by atoms with Gasteiger partial charge in [-0.3, -0.25) is 19.3 Å². The molecule has 0 spiro atoms. The molecule has 11 heteroatoms. The highest BCUT2D eigenvalue weighted by atomic mass is 17.2. The molecule has 0 radical (unpaired) electrons. The maximum Gasteiger partial charge on any atom is 0.413 e. The van der Waals surface area contributed by atoms with Gasteiger partial charge in [-0.25, -0.2) is 14.6 Å². The molecule has 2 aromatic rings. The molecule has 0 saturated carbocycles. The molecule has 48 heavy (non-hydrogen) atoms. The molecular formula is C37H54N4O7. The van der Waals surface area contributed by atoms with E-state index in [-0.39, 0.29) is 42.8 Å². The van der Waals surface area contributed by atoms with Crippen LogP contribution < -0.4 is 5.32 Å².